The molecular weight excluding hydrogens is 332 g/mol. The molecule has 4 unspecified atom stereocenters. The van der Waals surface area contributed by atoms with E-state index in [2.05, 4.69) is 23.9 Å². The van der Waals surface area contributed by atoms with Crippen molar-refractivity contribution in [2.24, 2.45) is 11.3 Å². The first-order valence-electron chi connectivity index (χ1n) is 9.92. The van der Waals surface area contributed by atoms with Crippen molar-refractivity contribution in [3.63, 3.8) is 0 Å². The normalized spacial score (nSPS) is 39.7. The second-order valence-electron chi connectivity index (χ2n) is 9.20. The molecule has 1 aliphatic heterocycles. The van der Waals surface area contributed by atoms with Gasteiger partial charge in [0.2, 0.25) is 5.76 Å². The number of amides is 1. The number of aryl methyl sites for hydroxylation is 1. The van der Waals surface area contributed by atoms with Crippen LogP contribution in [0.2, 0.25) is 0 Å². The Labute approximate surface area is 154 Å². The highest BCUT2D eigenvalue weighted by Gasteiger charge is 2.78. The molecular formula is C20H28N2O2S. The molecule has 25 heavy (non-hydrogen) atoms. The second-order valence-corrected chi connectivity index (χ2v) is 10.5. The highest BCUT2D eigenvalue weighted by atomic mass is 32.2. The molecule has 136 valence electrons. The molecule has 4 aliphatic rings. The molecule has 4 nitrogen and oxygen atoms in total. The Bertz CT molecular complexity index is 725. The molecule has 5 heteroatoms. The van der Waals surface area contributed by atoms with Gasteiger partial charge in [0.25, 0.3) is 5.91 Å². The number of nitrogens with zero attached hydrogens (tertiary/aromatic N) is 2. The van der Waals surface area contributed by atoms with Crippen LogP contribution in [0.4, 0.5) is 0 Å². The van der Waals surface area contributed by atoms with Gasteiger partial charge < -0.3 is 9.42 Å². The monoisotopic (exact) mass is 360 g/mol. The SMILES string of the molecule is Cc1noc(C(=O)N2C3C4(C)CCC(C4)C32C)c1SC1CCCCC1. The van der Waals surface area contributed by atoms with Crippen LogP contribution in [-0.4, -0.2) is 32.8 Å². The van der Waals surface area contributed by atoms with Crippen LogP contribution in [0, 0.1) is 18.3 Å². The molecule has 1 aromatic heterocycles. The van der Waals surface area contributed by atoms with E-state index >= 15 is 0 Å². The standard InChI is InChI=1S/C20H28N2O2S/c1-12-16(25-14-7-5-4-6-8-14)15(24-21-12)17(23)22-18-19(2)10-9-13(11-19)20(18,22)3/h13-14,18H,4-11H2,1-3H3. The van der Waals surface area contributed by atoms with Crippen LogP contribution in [0.15, 0.2) is 9.42 Å². The van der Waals surface area contributed by atoms with Gasteiger partial charge in [-0.1, -0.05) is 31.3 Å². The number of aromatic nitrogens is 1. The lowest BCUT2D eigenvalue weighted by atomic mass is 9.82. The first-order valence-corrected chi connectivity index (χ1v) is 10.8. The molecule has 0 spiro atoms. The van der Waals surface area contributed by atoms with Crippen molar-refractivity contribution in [2.75, 3.05) is 0 Å². The Morgan fingerprint density at radius 3 is 2.68 bits per heavy atom. The van der Waals surface area contributed by atoms with Gasteiger partial charge in [-0.05, 0) is 57.3 Å². The number of thioether (sulfide) groups is 1. The van der Waals surface area contributed by atoms with Gasteiger partial charge in [-0.2, -0.15) is 0 Å². The van der Waals surface area contributed by atoms with Crippen molar-refractivity contribution in [2.45, 2.75) is 93.9 Å². The lowest BCUT2D eigenvalue weighted by molar-refractivity contribution is 0.0756. The van der Waals surface area contributed by atoms with E-state index in [1.54, 1.807) is 0 Å². The number of piperidine rings is 1. The fourth-order valence-corrected chi connectivity index (χ4v) is 7.63. The Morgan fingerprint density at radius 2 is 2.00 bits per heavy atom. The zero-order chi connectivity index (χ0) is 17.4. The van der Waals surface area contributed by atoms with Gasteiger partial charge >= 0.3 is 0 Å². The first-order chi connectivity index (χ1) is 11.9. The van der Waals surface area contributed by atoms with Crippen LogP contribution in [-0.2, 0) is 0 Å². The van der Waals surface area contributed by atoms with E-state index in [-0.39, 0.29) is 11.4 Å². The Balaban J connectivity index is 1.40. The molecule has 0 radical (unpaired) electrons. The predicted molar refractivity (Wildman–Crippen MR) is 97.8 cm³/mol. The molecule has 0 N–H and O–H groups in total. The molecule has 5 rings (SSSR count). The Kier molecular flexibility index (Phi) is 3.42. The largest absolute Gasteiger partial charge is 0.350 e. The summed E-state index contributed by atoms with van der Waals surface area (Å²) in [6.07, 6.45) is 10.3. The molecule has 3 aliphatic carbocycles. The maximum atomic E-state index is 13.3. The highest BCUT2D eigenvalue weighted by molar-refractivity contribution is 8.00. The fourth-order valence-electron chi connectivity index (χ4n) is 6.29. The minimum atomic E-state index is 0.0670. The van der Waals surface area contributed by atoms with Crippen molar-refractivity contribution >= 4 is 17.7 Å². The predicted octanol–water partition coefficient (Wildman–Crippen LogP) is 4.81. The van der Waals surface area contributed by atoms with Gasteiger partial charge in [-0.25, -0.2) is 0 Å². The molecule has 2 bridgehead atoms. The van der Waals surface area contributed by atoms with Crippen molar-refractivity contribution in [1.82, 2.24) is 10.1 Å². The summed E-state index contributed by atoms with van der Waals surface area (Å²) in [6, 6.07) is 0.407. The average Bonchev–Trinajstić information content (AvgIpc) is 2.82. The molecule has 4 fully saturated rings. The minimum Gasteiger partial charge on any atom is -0.350 e. The minimum absolute atomic E-state index is 0.0670. The molecule has 0 aromatic carbocycles. The maximum absolute atomic E-state index is 13.3. The lowest BCUT2D eigenvalue weighted by Crippen LogP contribution is -2.28. The van der Waals surface area contributed by atoms with Crippen molar-refractivity contribution in [3.8, 4) is 0 Å². The van der Waals surface area contributed by atoms with Crippen molar-refractivity contribution < 1.29 is 9.32 Å². The van der Waals surface area contributed by atoms with E-state index in [4.69, 9.17) is 4.52 Å². The summed E-state index contributed by atoms with van der Waals surface area (Å²) in [6.45, 7) is 6.64. The fraction of sp³-hybridized carbons (Fsp3) is 0.800. The van der Waals surface area contributed by atoms with E-state index in [0.717, 1.165) is 10.6 Å². The number of carbonyl (C=O) groups excluding carboxylic acids is 1. The molecule has 2 heterocycles. The van der Waals surface area contributed by atoms with Crippen LogP contribution < -0.4 is 0 Å². The van der Waals surface area contributed by atoms with E-state index < -0.39 is 0 Å². The topological polar surface area (TPSA) is 46.1 Å². The smallest absolute Gasteiger partial charge is 0.294 e. The molecule has 1 amide bonds. The second kappa shape index (κ2) is 5.28. The third-order valence-electron chi connectivity index (χ3n) is 7.58. The van der Waals surface area contributed by atoms with Crippen LogP contribution in [0.1, 0.15) is 81.5 Å². The number of hydrogen-bond acceptors (Lipinski definition) is 4. The van der Waals surface area contributed by atoms with E-state index in [0.29, 0.717) is 28.4 Å². The van der Waals surface area contributed by atoms with Crippen LogP contribution in [0.5, 0.6) is 0 Å². The number of hydrogen-bond donors (Lipinski definition) is 0. The zero-order valence-corrected chi connectivity index (χ0v) is 16.3. The molecule has 1 saturated heterocycles. The van der Waals surface area contributed by atoms with Gasteiger partial charge in [0.15, 0.2) is 0 Å². The van der Waals surface area contributed by atoms with Crippen molar-refractivity contribution in [3.05, 3.63) is 11.5 Å². The average molecular weight is 361 g/mol. The van der Waals surface area contributed by atoms with E-state index in [1.165, 1.54) is 51.4 Å². The molecule has 1 aromatic rings. The number of fused-ring (bicyclic) bond motifs is 5. The zero-order valence-electron chi connectivity index (χ0n) is 15.5. The number of likely N-dealkylation sites (tertiary alicyclic amines) is 1. The van der Waals surface area contributed by atoms with Gasteiger partial charge in [-0.15, -0.1) is 11.8 Å². The summed E-state index contributed by atoms with van der Waals surface area (Å²) in [5, 5.41) is 4.77. The first kappa shape index (κ1) is 16.2. The molecule has 3 saturated carbocycles. The van der Waals surface area contributed by atoms with Crippen LogP contribution in [0.25, 0.3) is 0 Å². The van der Waals surface area contributed by atoms with E-state index in [1.807, 2.05) is 18.7 Å². The summed E-state index contributed by atoms with van der Waals surface area (Å²) in [4.78, 5) is 16.5. The summed E-state index contributed by atoms with van der Waals surface area (Å²) < 4.78 is 5.57. The van der Waals surface area contributed by atoms with Gasteiger partial charge in [0, 0.05) is 5.25 Å². The third kappa shape index (κ3) is 2.14. The van der Waals surface area contributed by atoms with Crippen LogP contribution in [0.3, 0.4) is 0 Å². The summed E-state index contributed by atoms with van der Waals surface area (Å²) in [5.74, 6) is 1.26. The number of rotatable bonds is 3. The van der Waals surface area contributed by atoms with Gasteiger partial charge in [-0.3, -0.25) is 4.79 Å². The quantitative estimate of drug-likeness (QED) is 0.726. The van der Waals surface area contributed by atoms with Gasteiger partial charge in [0.1, 0.15) is 0 Å². The maximum Gasteiger partial charge on any atom is 0.294 e. The van der Waals surface area contributed by atoms with Crippen molar-refractivity contribution in [1.29, 1.82) is 0 Å². The Morgan fingerprint density at radius 1 is 1.24 bits per heavy atom. The number of carbonyl (C=O) groups is 1. The third-order valence-corrected chi connectivity index (χ3v) is 9.11. The highest BCUT2D eigenvalue weighted by Crippen LogP contribution is 2.71. The van der Waals surface area contributed by atoms with E-state index in [9.17, 15) is 4.79 Å². The summed E-state index contributed by atoms with van der Waals surface area (Å²) >= 11 is 1.84. The molecule has 4 atom stereocenters. The summed E-state index contributed by atoms with van der Waals surface area (Å²) in [7, 11) is 0. The Hall–Kier alpha value is -0.970. The summed E-state index contributed by atoms with van der Waals surface area (Å²) in [5.41, 5.74) is 1.27. The van der Waals surface area contributed by atoms with Gasteiger partial charge in [0.05, 0.1) is 22.2 Å². The van der Waals surface area contributed by atoms with Crippen LogP contribution >= 0.6 is 11.8 Å². The lowest BCUT2D eigenvalue weighted by Gasteiger charge is -2.23.